The van der Waals surface area contributed by atoms with Gasteiger partial charge in [-0.25, -0.2) is 0 Å². The second-order valence-electron chi connectivity index (χ2n) is 6.87. The molecule has 1 aromatic heterocycles. The highest BCUT2D eigenvalue weighted by atomic mass is 16.5. The van der Waals surface area contributed by atoms with E-state index in [2.05, 4.69) is 15.4 Å². The van der Waals surface area contributed by atoms with Crippen LogP contribution in [0, 0.1) is 5.41 Å². The molecule has 3 fully saturated rings. The fraction of sp³-hybridized carbons (Fsp3) is 0.750. The lowest BCUT2D eigenvalue weighted by Crippen LogP contribution is -2.32. The van der Waals surface area contributed by atoms with Crippen LogP contribution < -0.4 is 5.32 Å². The molecular formula is C16H23N3O3. The van der Waals surface area contributed by atoms with Crippen LogP contribution in [0.5, 0.6) is 0 Å². The second kappa shape index (κ2) is 5.66. The third-order valence-corrected chi connectivity index (χ3v) is 5.35. The van der Waals surface area contributed by atoms with Crippen LogP contribution in [0.2, 0.25) is 0 Å². The van der Waals surface area contributed by atoms with Gasteiger partial charge in [0.15, 0.2) is 11.5 Å². The first-order valence-corrected chi connectivity index (χ1v) is 8.32. The van der Waals surface area contributed by atoms with Gasteiger partial charge in [-0.05, 0) is 50.6 Å². The smallest absolute Gasteiger partial charge is 0.273 e. The first-order valence-electron chi connectivity index (χ1n) is 8.32. The number of nitrogens with zero attached hydrogens (tertiary/aromatic N) is 2. The molecule has 120 valence electrons. The molecular weight excluding hydrogens is 282 g/mol. The van der Waals surface area contributed by atoms with E-state index in [0.29, 0.717) is 5.69 Å². The van der Waals surface area contributed by atoms with Gasteiger partial charge >= 0.3 is 0 Å². The van der Waals surface area contributed by atoms with Gasteiger partial charge in [0.2, 0.25) is 0 Å². The Morgan fingerprint density at radius 1 is 1.36 bits per heavy atom. The van der Waals surface area contributed by atoms with Crippen molar-refractivity contribution < 1.29 is 14.1 Å². The van der Waals surface area contributed by atoms with E-state index < -0.39 is 0 Å². The number of aromatic nitrogens is 1. The predicted molar refractivity (Wildman–Crippen MR) is 79.4 cm³/mol. The van der Waals surface area contributed by atoms with Gasteiger partial charge in [-0.15, -0.1) is 0 Å². The maximum absolute atomic E-state index is 12.3. The number of amides is 1. The molecule has 1 spiro atoms. The van der Waals surface area contributed by atoms with Gasteiger partial charge < -0.3 is 14.6 Å². The maximum atomic E-state index is 12.3. The van der Waals surface area contributed by atoms with E-state index in [1.807, 2.05) is 0 Å². The molecule has 22 heavy (non-hydrogen) atoms. The van der Waals surface area contributed by atoms with Crippen LogP contribution in [0.4, 0.5) is 0 Å². The SMILES string of the molecule is O=C(NC1CC12CCOCC2)c1cc(CN2CCCC2)on1. The van der Waals surface area contributed by atoms with Crippen molar-refractivity contribution in [1.82, 2.24) is 15.4 Å². The number of hydrogen-bond acceptors (Lipinski definition) is 5. The lowest BCUT2D eigenvalue weighted by Gasteiger charge is -2.22. The van der Waals surface area contributed by atoms with E-state index in [-0.39, 0.29) is 17.4 Å². The summed E-state index contributed by atoms with van der Waals surface area (Å²) in [5, 5.41) is 7.04. The minimum Gasteiger partial charge on any atom is -0.381 e. The Morgan fingerprint density at radius 2 is 2.14 bits per heavy atom. The molecule has 1 saturated carbocycles. The van der Waals surface area contributed by atoms with Crippen LogP contribution in [0.1, 0.15) is 48.4 Å². The third-order valence-electron chi connectivity index (χ3n) is 5.35. The summed E-state index contributed by atoms with van der Waals surface area (Å²) in [5.74, 6) is 0.674. The van der Waals surface area contributed by atoms with Gasteiger partial charge in [0.25, 0.3) is 5.91 Å². The molecule has 0 bridgehead atoms. The molecule has 0 aromatic carbocycles. The molecule has 1 aliphatic carbocycles. The van der Waals surface area contributed by atoms with Crippen molar-refractivity contribution in [3.8, 4) is 0 Å². The van der Waals surface area contributed by atoms with Gasteiger partial charge in [0.05, 0.1) is 6.54 Å². The predicted octanol–water partition coefficient (Wildman–Crippen LogP) is 1.57. The fourth-order valence-corrected chi connectivity index (χ4v) is 3.77. The Morgan fingerprint density at radius 3 is 2.91 bits per heavy atom. The van der Waals surface area contributed by atoms with Crippen molar-refractivity contribution in [2.45, 2.75) is 44.7 Å². The summed E-state index contributed by atoms with van der Waals surface area (Å²) in [6.45, 7) is 4.60. The molecule has 1 atom stereocenters. The normalized spacial score (nSPS) is 27.2. The van der Waals surface area contributed by atoms with Crippen LogP contribution in [0.25, 0.3) is 0 Å². The number of carbonyl (C=O) groups excluding carboxylic acids is 1. The molecule has 3 heterocycles. The van der Waals surface area contributed by atoms with E-state index in [0.717, 1.165) is 57.9 Å². The highest BCUT2D eigenvalue weighted by molar-refractivity contribution is 5.92. The molecule has 2 saturated heterocycles. The summed E-state index contributed by atoms with van der Waals surface area (Å²) in [5.41, 5.74) is 0.694. The minimum absolute atomic E-state index is 0.107. The maximum Gasteiger partial charge on any atom is 0.273 e. The molecule has 0 radical (unpaired) electrons. The summed E-state index contributed by atoms with van der Waals surface area (Å²) in [6, 6.07) is 2.06. The zero-order valence-electron chi connectivity index (χ0n) is 12.8. The number of hydrogen-bond donors (Lipinski definition) is 1. The number of carbonyl (C=O) groups is 1. The van der Waals surface area contributed by atoms with E-state index >= 15 is 0 Å². The van der Waals surface area contributed by atoms with Crippen LogP contribution in [0.3, 0.4) is 0 Å². The average molecular weight is 305 g/mol. The molecule has 4 rings (SSSR count). The fourth-order valence-electron chi connectivity index (χ4n) is 3.77. The molecule has 1 aromatic rings. The average Bonchev–Trinajstić information content (AvgIpc) is 2.97. The molecule has 1 amide bonds. The molecule has 6 heteroatoms. The van der Waals surface area contributed by atoms with Crippen molar-refractivity contribution in [2.24, 2.45) is 5.41 Å². The third kappa shape index (κ3) is 2.77. The summed E-state index contributed by atoms with van der Waals surface area (Å²) < 4.78 is 10.7. The molecule has 1 unspecified atom stereocenters. The van der Waals surface area contributed by atoms with Crippen molar-refractivity contribution >= 4 is 5.91 Å². The largest absolute Gasteiger partial charge is 0.381 e. The summed E-state index contributed by atoms with van der Waals surface area (Å²) >= 11 is 0. The molecule has 1 N–H and O–H groups in total. The van der Waals surface area contributed by atoms with E-state index in [1.165, 1.54) is 12.8 Å². The van der Waals surface area contributed by atoms with Crippen LogP contribution in [0.15, 0.2) is 10.6 Å². The lowest BCUT2D eigenvalue weighted by atomic mass is 9.96. The highest BCUT2D eigenvalue weighted by Gasteiger charge is 2.55. The zero-order valence-corrected chi connectivity index (χ0v) is 12.8. The summed E-state index contributed by atoms with van der Waals surface area (Å²) in [4.78, 5) is 14.6. The topological polar surface area (TPSA) is 67.6 Å². The van der Waals surface area contributed by atoms with E-state index in [9.17, 15) is 4.79 Å². The van der Waals surface area contributed by atoms with Gasteiger partial charge in [0.1, 0.15) is 0 Å². The Labute approximate surface area is 130 Å². The quantitative estimate of drug-likeness (QED) is 0.914. The Balaban J connectivity index is 1.32. The van der Waals surface area contributed by atoms with Crippen molar-refractivity contribution in [2.75, 3.05) is 26.3 Å². The van der Waals surface area contributed by atoms with Crippen molar-refractivity contribution in [3.63, 3.8) is 0 Å². The van der Waals surface area contributed by atoms with Crippen LogP contribution in [-0.2, 0) is 11.3 Å². The summed E-state index contributed by atoms with van der Waals surface area (Å²) in [7, 11) is 0. The van der Waals surface area contributed by atoms with E-state index in [1.54, 1.807) is 6.07 Å². The standard InChI is InChI=1S/C16H23N3O3/c20-15(17-14-10-16(14)3-7-21-8-4-16)13-9-12(22-18-13)11-19-5-1-2-6-19/h9,14H,1-8,10-11H2,(H,17,20). The monoisotopic (exact) mass is 305 g/mol. The Bertz CT molecular complexity index is 545. The summed E-state index contributed by atoms with van der Waals surface area (Å²) in [6.07, 6.45) is 5.67. The Kier molecular flexibility index (Phi) is 3.66. The lowest BCUT2D eigenvalue weighted by molar-refractivity contribution is 0.0534. The van der Waals surface area contributed by atoms with Gasteiger partial charge in [-0.3, -0.25) is 9.69 Å². The number of nitrogens with one attached hydrogen (secondary N) is 1. The Hall–Kier alpha value is -1.40. The molecule has 3 aliphatic rings. The number of likely N-dealkylation sites (tertiary alicyclic amines) is 1. The van der Waals surface area contributed by atoms with Gasteiger partial charge in [-0.1, -0.05) is 5.16 Å². The first-order chi connectivity index (χ1) is 10.8. The van der Waals surface area contributed by atoms with Crippen molar-refractivity contribution in [1.29, 1.82) is 0 Å². The second-order valence-corrected chi connectivity index (χ2v) is 6.87. The van der Waals surface area contributed by atoms with E-state index in [4.69, 9.17) is 9.26 Å². The highest BCUT2D eigenvalue weighted by Crippen LogP contribution is 2.53. The zero-order chi connectivity index (χ0) is 15.0. The van der Waals surface area contributed by atoms with Gasteiger partial charge in [-0.2, -0.15) is 0 Å². The van der Waals surface area contributed by atoms with Gasteiger partial charge in [0, 0.05) is 25.3 Å². The van der Waals surface area contributed by atoms with Crippen LogP contribution in [-0.4, -0.2) is 48.3 Å². The molecule has 6 nitrogen and oxygen atoms in total. The van der Waals surface area contributed by atoms with Crippen molar-refractivity contribution in [3.05, 3.63) is 17.5 Å². The molecule has 2 aliphatic heterocycles. The number of rotatable bonds is 4. The minimum atomic E-state index is -0.107. The van der Waals surface area contributed by atoms with Crippen LogP contribution >= 0.6 is 0 Å². The number of ether oxygens (including phenoxy) is 1. The first kappa shape index (κ1) is 14.2.